The molecule has 1 aromatic rings. The Kier molecular flexibility index (Phi) is 4.91. The molecule has 1 saturated heterocycles. The maximum atomic E-state index is 13.0. The molecule has 1 aliphatic heterocycles. The highest BCUT2D eigenvalue weighted by atomic mass is 16.6. The topological polar surface area (TPSA) is 101 Å². The highest BCUT2D eigenvalue weighted by Crippen LogP contribution is 2.30. The highest BCUT2D eigenvalue weighted by molar-refractivity contribution is 5.88. The predicted molar refractivity (Wildman–Crippen MR) is 87.6 cm³/mol. The first kappa shape index (κ1) is 17.9. The van der Waals surface area contributed by atoms with Gasteiger partial charge in [0.2, 0.25) is 5.91 Å². The van der Waals surface area contributed by atoms with Gasteiger partial charge in [-0.25, -0.2) is 0 Å². The summed E-state index contributed by atoms with van der Waals surface area (Å²) in [6.07, 6.45) is 0.567. The van der Waals surface area contributed by atoms with Gasteiger partial charge in [0.25, 0.3) is 5.69 Å². The molecule has 0 saturated carbocycles. The third kappa shape index (κ3) is 3.55. The number of amides is 1. The SMILES string of the molecule is CC1CC(C(=O)O)CN(C(=O)C(C)(C)c2ccc([N+](=O)[O-])cc2)C1. The molecule has 1 aliphatic rings. The van der Waals surface area contributed by atoms with Crippen LogP contribution in [-0.4, -0.2) is 39.9 Å². The Hall–Kier alpha value is -2.44. The van der Waals surface area contributed by atoms with Crippen LogP contribution in [0.3, 0.4) is 0 Å². The molecule has 0 radical (unpaired) electrons. The van der Waals surface area contributed by atoms with Crippen molar-refractivity contribution in [2.45, 2.75) is 32.6 Å². The van der Waals surface area contributed by atoms with E-state index in [4.69, 9.17) is 0 Å². The number of nitro groups is 1. The van der Waals surface area contributed by atoms with Gasteiger partial charge in [-0.3, -0.25) is 19.7 Å². The number of carbonyl (C=O) groups is 2. The first-order valence-electron chi connectivity index (χ1n) is 7.90. The number of rotatable bonds is 4. The van der Waals surface area contributed by atoms with Gasteiger partial charge in [0.15, 0.2) is 0 Å². The number of hydrogen-bond acceptors (Lipinski definition) is 4. The average molecular weight is 334 g/mol. The molecular formula is C17H22N2O5. The number of carbonyl (C=O) groups excluding carboxylic acids is 1. The molecule has 0 spiro atoms. The van der Waals surface area contributed by atoms with E-state index in [9.17, 15) is 24.8 Å². The summed E-state index contributed by atoms with van der Waals surface area (Å²) in [6, 6.07) is 5.92. The number of aliphatic carboxylic acids is 1. The first-order valence-corrected chi connectivity index (χ1v) is 7.90. The second-order valence-corrected chi connectivity index (χ2v) is 7.02. The van der Waals surface area contributed by atoms with Crippen LogP contribution in [0.2, 0.25) is 0 Å². The minimum atomic E-state index is -0.882. The van der Waals surface area contributed by atoms with Gasteiger partial charge in [-0.05, 0) is 31.7 Å². The summed E-state index contributed by atoms with van der Waals surface area (Å²) in [6.45, 7) is 6.18. The smallest absolute Gasteiger partial charge is 0.308 e. The molecular weight excluding hydrogens is 312 g/mol. The van der Waals surface area contributed by atoms with Gasteiger partial charge >= 0.3 is 5.97 Å². The Morgan fingerprint density at radius 3 is 2.33 bits per heavy atom. The standard InChI is InChI=1S/C17H22N2O5/c1-11-8-12(15(20)21)10-18(9-11)16(22)17(2,3)13-4-6-14(7-5-13)19(23)24/h4-7,11-12H,8-10H2,1-3H3,(H,20,21). The Labute approximate surface area is 140 Å². The van der Waals surface area contributed by atoms with E-state index in [1.807, 2.05) is 6.92 Å². The zero-order valence-corrected chi connectivity index (χ0v) is 14.1. The Balaban J connectivity index is 2.22. The maximum Gasteiger partial charge on any atom is 0.308 e. The summed E-state index contributed by atoms with van der Waals surface area (Å²) >= 11 is 0. The highest BCUT2D eigenvalue weighted by Gasteiger charge is 2.39. The molecule has 0 bridgehead atoms. The summed E-state index contributed by atoms with van der Waals surface area (Å²) in [4.78, 5) is 36.1. The molecule has 1 N–H and O–H groups in total. The fourth-order valence-electron chi connectivity index (χ4n) is 3.21. The van der Waals surface area contributed by atoms with Crippen LogP contribution in [0.5, 0.6) is 0 Å². The van der Waals surface area contributed by atoms with Crippen LogP contribution in [0.15, 0.2) is 24.3 Å². The van der Waals surface area contributed by atoms with Crippen molar-refractivity contribution in [3.8, 4) is 0 Å². The summed E-state index contributed by atoms with van der Waals surface area (Å²) in [5, 5.41) is 20.0. The Morgan fingerprint density at radius 1 is 1.25 bits per heavy atom. The predicted octanol–water partition coefficient (Wildman–Crippen LogP) is 2.44. The van der Waals surface area contributed by atoms with Crippen molar-refractivity contribution < 1.29 is 19.6 Å². The molecule has 1 heterocycles. The van der Waals surface area contributed by atoms with Crippen LogP contribution in [-0.2, 0) is 15.0 Å². The van der Waals surface area contributed by atoms with E-state index in [0.717, 1.165) is 0 Å². The molecule has 2 rings (SSSR count). The van der Waals surface area contributed by atoms with Crippen LogP contribution in [0.25, 0.3) is 0 Å². The van der Waals surface area contributed by atoms with Crippen molar-refractivity contribution in [1.29, 1.82) is 0 Å². The Morgan fingerprint density at radius 2 is 1.83 bits per heavy atom. The minimum Gasteiger partial charge on any atom is -0.481 e. The van der Waals surface area contributed by atoms with Crippen molar-refractivity contribution in [2.75, 3.05) is 13.1 Å². The normalized spacial score (nSPS) is 21.4. The molecule has 1 amide bonds. The van der Waals surface area contributed by atoms with Crippen molar-refractivity contribution in [1.82, 2.24) is 4.90 Å². The second-order valence-electron chi connectivity index (χ2n) is 7.02. The number of piperidine rings is 1. The number of nitro benzene ring substituents is 1. The van der Waals surface area contributed by atoms with Gasteiger partial charge in [0, 0.05) is 25.2 Å². The van der Waals surface area contributed by atoms with Gasteiger partial charge in [-0.2, -0.15) is 0 Å². The summed E-state index contributed by atoms with van der Waals surface area (Å²) in [5.41, 5.74) is -0.238. The molecule has 130 valence electrons. The van der Waals surface area contributed by atoms with Gasteiger partial charge in [-0.1, -0.05) is 19.1 Å². The van der Waals surface area contributed by atoms with Crippen molar-refractivity contribution >= 4 is 17.6 Å². The lowest BCUT2D eigenvalue weighted by molar-refractivity contribution is -0.384. The molecule has 1 fully saturated rings. The van der Waals surface area contributed by atoms with Gasteiger partial charge < -0.3 is 10.0 Å². The van der Waals surface area contributed by atoms with Crippen LogP contribution in [0.4, 0.5) is 5.69 Å². The van der Waals surface area contributed by atoms with Crippen LogP contribution < -0.4 is 0 Å². The maximum absolute atomic E-state index is 13.0. The quantitative estimate of drug-likeness (QED) is 0.673. The number of carboxylic acid groups (broad SMARTS) is 1. The summed E-state index contributed by atoms with van der Waals surface area (Å²) in [5.74, 6) is -1.47. The third-order valence-electron chi connectivity index (χ3n) is 4.63. The lowest BCUT2D eigenvalue weighted by atomic mass is 9.81. The molecule has 7 nitrogen and oxygen atoms in total. The Bertz CT molecular complexity index is 653. The van der Waals surface area contributed by atoms with Crippen molar-refractivity contribution in [3.63, 3.8) is 0 Å². The minimum absolute atomic E-state index is 0.0282. The van der Waals surface area contributed by atoms with E-state index in [0.29, 0.717) is 18.5 Å². The number of nitrogens with zero attached hydrogens (tertiary/aromatic N) is 2. The monoisotopic (exact) mass is 334 g/mol. The van der Waals surface area contributed by atoms with Gasteiger partial charge in [-0.15, -0.1) is 0 Å². The summed E-state index contributed by atoms with van der Waals surface area (Å²) < 4.78 is 0. The second kappa shape index (κ2) is 6.59. The zero-order valence-electron chi connectivity index (χ0n) is 14.1. The summed E-state index contributed by atoms with van der Waals surface area (Å²) in [7, 11) is 0. The van der Waals surface area contributed by atoms with Gasteiger partial charge in [0.05, 0.1) is 16.3 Å². The largest absolute Gasteiger partial charge is 0.481 e. The number of hydrogen-bond donors (Lipinski definition) is 1. The average Bonchev–Trinajstić information content (AvgIpc) is 2.53. The third-order valence-corrected chi connectivity index (χ3v) is 4.63. The van der Waals surface area contributed by atoms with E-state index in [1.54, 1.807) is 30.9 Å². The van der Waals surface area contributed by atoms with E-state index in [1.165, 1.54) is 12.1 Å². The lowest BCUT2D eigenvalue weighted by Crippen LogP contribution is -2.51. The molecule has 0 aromatic heterocycles. The molecule has 24 heavy (non-hydrogen) atoms. The molecule has 2 unspecified atom stereocenters. The van der Waals surface area contributed by atoms with Crippen LogP contribution in [0, 0.1) is 22.0 Å². The van der Waals surface area contributed by atoms with E-state index < -0.39 is 22.2 Å². The molecule has 0 aliphatic carbocycles. The lowest BCUT2D eigenvalue weighted by Gasteiger charge is -2.39. The first-order chi connectivity index (χ1) is 11.1. The zero-order chi connectivity index (χ0) is 18.1. The van der Waals surface area contributed by atoms with E-state index >= 15 is 0 Å². The van der Waals surface area contributed by atoms with Crippen molar-refractivity contribution in [2.24, 2.45) is 11.8 Å². The van der Waals surface area contributed by atoms with Crippen molar-refractivity contribution in [3.05, 3.63) is 39.9 Å². The number of carboxylic acids is 1. The van der Waals surface area contributed by atoms with E-state index in [-0.39, 0.29) is 24.1 Å². The van der Waals surface area contributed by atoms with Crippen LogP contribution in [0.1, 0.15) is 32.8 Å². The number of likely N-dealkylation sites (tertiary alicyclic amines) is 1. The van der Waals surface area contributed by atoms with Gasteiger partial charge in [0.1, 0.15) is 0 Å². The fourth-order valence-corrected chi connectivity index (χ4v) is 3.21. The van der Waals surface area contributed by atoms with Crippen LogP contribution >= 0.6 is 0 Å². The number of benzene rings is 1. The number of non-ortho nitro benzene ring substituents is 1. The molecule has 2 atom stereocenters. The molecule has 1 aromatic carbocycles. The molecule has 7 heteroatoms. The van der Waals surface area contributed by atoms with E-state index in [2.05, 4.69) is 0 Å². The fraction of sp³-hybridized carbons (Fsp3) is 0.529.